The smallest absolute Gasteiger partial charge is 0.262 e. The molecule has 0 saturated heterocycles. The fraction of sp³-hybridized carbons (Fsp3) is 0.278. The van der Waals surface area contributed by atoms with Crippen molar-refractivity contribution in [3.8, 4) is 5.75 Å². The van der Waals surface area contributed by atoms with Crippen molar-refractivity contribution >= 4 is 15.9 Å². The Labute approximate surface area is 157 Å². The number of rotatable bonds is 10. The van der Waals surface area contributed by atoms with Crippen LogP contribution in [0, 0.1) is 5.82 Å². The van der Waals surface area contributed by atoms with Gasteiger partial charge >= 0.3 is 0 Å². The van der Waals surface area contributed by atoms with E-state index in [0.29, 0.717) is 30.9 Å². The van der Waals surface area contributed by atoms with E-state index in [4.69, 9.17) is 4.74 Å². The van der Waals surface area contributed by atoms with E-state index >= 15 is 0 Å². The molecule has 2 N–H and O–H groups in total. The molecule has 0 aliphatic carbocycles. The number of unbranched alkanes of at least 4 members (excludes halogenated alkanes) is 1. The highest BCUT2D eigenvalue weighted by Crippen LogP contribution is 2.12. The molecule has 0 aliphatic rings. The number of hydrogen-bond donors (Lipinski definition) is 2. The molecule has 7 nitrogen and oxygen atoms in total. The van der Waals surface area contributed by atoms with E-state index in [2.05, 4.69) is 10.2 Å². The van der Waals surface area contributed by atoms with Crippen LogP contribution >= 0.6 is 0 Å². The van der Waals surface area contributed by atoms with Crippen molar-refractivity contribution in [3.05, 3.63) is 59.9 Å². The molecule has 0 saturated carbocycles. The van der Waals surface area contributed by atoms with Crippen LogP contribution in [0.25, 0.3) is 0 Å². The predicted octanol–water partition coefficient (Wildman–Crippen LogP) is 2.25. The van der Waals surface area contributed by atoms with Crippen LogP contribution in [-0.2, 0) is 14.9 Å². The standard InChI is InChI=1S/C18H21FN2O5S/c1-25-21-27(23,24)17-10-4-14(5-11-17)18(22)20-12-2-3-13-26-16-8-6-15(19)7-9-16/h4-11,21H,2-3,12-13H2,1H3,(H,20,22). The van der Waals surface area contributed by atoms with E-state index in [-0.39, 0.29) is 16.6 Å². The monoisotopic (exact) mass is 396 g/mol. The Bertz CT molecular complexity index is 839. The normalized spacial score (nSPS) is 11.2. The van der Waals surface area contributed by atoms with Crippen molar-refractivity contribution in [3.63, 3.8) is 0 Å². The summed E-state index contributed by atoms with van der Waals surface area (Å²) in [6, 6.07) is 11.3. The van der Waals surface area contributed by atoms with E-state index in [1.54, 1.807) is 12.1 Å². The van der Waals surface area contributed by atoms with Gasteiger partial charge in [-0.3, -0.25) is 9.63 Å². The first-order valence-corrected chi connectivity index (χ1v) is 9.72. The number of halogens is 1. The summed E-state index contributed by atoms with van der Waals surface area (Å²) in [7, 11) is -2.55. The Kier molecular flexibility index (Phi) is 7.71. The lowest BCUT2D eigenvalue weighted by Gasteiger charge is -2.08. The zero-order valence-electron chi connectivity index (χ0n) is 14.8. The molecule has 0 aliphatic heterocycles. The Balaban J connectivity index is 1.70. The molecule has 0 spiro atoms. The first kappa shape index (κ1) is 20.8. The summed E-state index contributed by atoms with van der Waals surface area (Å²) < 4.78 is 41.7. The zero-order valence-corrected chi connectivity index (χ0v) is 15.6. The van der Waals surface area contributed by atoms with Gasteiger partial charge in [0.25, 0.3) is 15.9 Å². The van der Waals surface area contributed by atoms with E-state index in [1.807, 2.05) is 4.89 Å². The third-order valence-electron chi connectivity index (χ3n) is 3.56. The van der Waals surface area contributed by atoms with Gasteiger partial charge in [-0.05, 0) is 61.4 Å². The highest BCUT2D eigenvalue weighted by Gasteiger charge is 2.14. The Hall–Kier alpha value is -2.49. The van der Waals surface area contributed by atoms with Crippen molar-refractivity contribution in [1.82, 2.24) is 10.2 Å². The zero-order chi connectivity index (χ0) is 19.7. The Morgan fingerprint density at radius 1 is 1.04 bits per heavy atom. The Morgan fingerprint density at radius 2 is 1.70 bits per heavy atom. The van der Waals surface area contributed by atoms with Crippen LogP contribution in [0.2, 0.25) is 0 Å². The maximum absolute atomic E-state index is 12.8. The van der Waals surface area contributed by atoms with Crippen LogP contribution < -0.4 is 14.9 Å². The number of benzene rings is 2. The number of carbonyl (C=O) groups is 1. The van der Waals surface area contributed by atoms with Gasteiger partial charge in [0.05, 0.1) is 18.6 Å². The summed E-state index contributed by atoms with van der Waals surface area (Å²) in [6.07, 6.45) is 1.43. The SMILES string of the molecule is CONS(=O)(=O)c1ccc(C(=O)NCCCCOc2ccc(F)cc2)cc1. The molecule has 27 heavy (non-hydrogen) atoms. The van der Waals surface area contributed by atoms with E-state index < -0.39 is 10.0 Å². The van der Waals surface area contributed by atoms with Gasteiger partial charge in [0.1, 0.15) is 11.6 Å². The lowest BCUT2D eigenvalue weighted by atomic mass is 10.2. The second-order valence-electron chi connectivity index (χ2n) is 5.58. The van der Waals surface area contributed by atoms with Crippen molar-refractivity contribution in [1.29, 1.82) is 0 Å². The highest BCUT2D eigenvalue weighted by molar-refractivity contribution is 7.89. The number of sulfonamides is 1. The van der Waals surface area contributed by atoms with E-state index in [1.165, 1.54) is 43.5 Å². The molecular weight excluding hydrogens is 375 g/mol. The largest absolute Gasteiger partial charge is 0.494 e. The van der Waals surface area contributed by atoms with Gasteiger partial charge in [0.15, 0.2) is 0 Å². The maximum Gasteiger partial charge on any atom is 0.262 e. The fourth-order valence-electron chi connectivity index (χ4n) is 2.20. The summed E-state index contributed by atoms with van der Waals surface area (Å²) >= 11 is 0. The number of nitrogens with one attached hydrogen (secondary N) is 2. The quantitative estimate of drug-likeness (QED) is 0.475. The van der Waals surface area contributed by atoms with Crippen LogP contribution in [0.5, 0.6) is 5.75 Å². The minimum absolute atomic E-state index is 0.00107. The van der Waals surface area contributed by atoms with E-state index in [9.17, 15) is 17.6 Å². The average molecular weight is 396 g/mol. The van der Waals surface area contributed by atoms with Crippen LogP contribution in [0.15, 0.2) is 53.4 Å². The van der Waals surface area contributed by atoms with Crippen LogP contribution in [-0.4, -0.2) is 34.6 Å². The van der Waals surface area contributed by atoms with E-state index in [0.717, 1.165) is 6.42 Å². The van der Waals surface area contributed by atoms with Gasteiger partial charge in [-0.25, -0.2) is 12.8 Å². The first-order chi connectivity index (χ1) is 12.9. The van der Waals surface area contributed by atoms with Crippen molar-refractivity contribution < 1.29 is 27.2 Å². The molecule has 0 radical (unpaired) electrons. The topological polar surface area (TPSA) is 93.7 Å². The number of ether oxygens (including phenoxy) is 1. The minimum Gasteiger partial charge on any atom is -0.494 e. The lowest BCUT2D eigenvalue weighted by molar-refractivity contribution is 0.0952. The Morgan fingerprint density at radius 3 is 2.33 bits per heavy atom. The van der Waals surface area contributed by atoms with Gasteiger partial charge in [-0.2, -0.15) is 0 Å². The molecule has 0 heterocycles. The van der Waals surface area contributed by atoms with Crippen molar-refractivity contribution in [2.24, 2.45) is 0 Å². The molecule has 2 aromatic rings. The molecule has 0 atom stereocenters. The molecule has 2 aromatic carbocycles. The predicted molar refractivity (Wildman–Crippen MR) is 97.2 cm³/mol. The molecule has 9 heteroatoms. The molecule has 2 rings (SSSR count). The third kappa shape index (κ3) is 6.63. The number of hydrogen-bond acceptors (Lipinski definition) is 5. The maximum atomic E-state index is 12.8. The molecule has 0 fully saturated rings. The lowest BCUT2D eigenvalue weighted by Crippen LogP contribution is -2.25. The number of amides is 1. The van der Waals surface area contributed by atoms with Gasteiger partial charge < -0.3 is 10.1 Å². The van der Waals surface area contributed by atoms with Crippen LogP contribution in [0.3, 0.4) is 0 Å². The van der Waals surface area contributed by atoms with Gasteiger partial charge in [0.2, 0.25) is 0 Å². The average Bonchev–Trinajstić information content (AvgIpc) is 2.66. The third-order valence-corrected chi connectivity index (χ3v) is 4.84. The van der Waals surface area contributed by atoms with Crippen LogP contribution in [0.1, 0.15) is 23.2 Å². The molecule has 0 bridgehead atoms. The summed E-state index contributed by atoms with van der Waals surface area (Å²) in [6.45, 7) is 0.914. The second kappa shape index (κ2) is 10.0. The number of carbonyl (C=O) groups excluding carboxylic acids is 1. The van der Waals surface area contributed by atoms with Crippen molar-refractivity contribution in [2.75, 3.05) is 20.3 Å². The summed E-state index contributed by atoms with van der Waals surface area (Å²) in [5, 5.41) is 2.75. The molecule has 146 valence electrons. The molecule has 1 amide bonds. The summed E-state index contributed by atoms with van der Waals surface area (Å²) in [5.74, 6) is -0.0119. The minimum atomic E-state index is -3.74. The molecule has 0 aromatic heterocycles. The highest BCUT2D eigenvalue weighted by atomic mass is 32.2. The van der Waals surface area contributed by atoms with Gasteiger partial charge in [-0.1, -0.05) is 4.89 Å². The van der Waals surface area contributed by atoms with Gasteiger partial charge in [0, 0.05) is 12.1 Å². The fourth-order valence-corrected chi connectivity index (χ4v) is 3.01. The van der Waals surface area contributed by atoms with Crippen LogP contribution in [0.4, 0.5) is 4.39 Å². The molecule has 0 unspecified atom stereocenters. The van der Waals surface area contributed by atoms with Gasteiger partial charge in [-0.15, -0.1) is 0 Å². The van der Waals surface area contributed by atoms with Crippen molar-refractivity contribution in [2.45, 2.75) is 17.7 Å². The summed E-state index contributed by atoms with van der Waals surface area (Å²) in [5.41, 5.74) is 0.355. The summed E-state index contributed by atoms with van der Waals surface area (Å²) in [4.78, 5) is 18.4. The molecular formula is C18H21FN2O5S. The second-order valence-corrected chi connectivity index (χ2v) is 7.23. The first-order valence-electron chi connectivity index (χ1n) is 8.24.